The number of carbonyl (C=O) groups is 1. The van der Waals surface area contributed by atoms with Crippen LogP contribution in [0.1, 0.15) is 23.1 Å². The Balaban J connectivity index is 2.22. The minimum Gasteiger partial charge on any atom is -0.478 e. The van der Waals surface area contributed by atoms with E-state index in [0.717, 1.165) is 0 Å². The van der Waals surface area contributed by atoms with Crippen molar-refractivity contribution in [3.63, 3.8) is 0 Å². The summed E-state index contributed by atoms with van der Waals surface area (Å²) in [5.41, 5.74) is 1.10. The van der Waals surface area contributed by atoms with Crippen molar-refractivity contribution < 1.29 is 14.3 Å². The molecule has 0 aliphatic carbocycles. The van der Waals surface area contributed by atoms with E-state index in [4.69, 9.17) is 11.6 Å². The van der Waals surface area contributed by atoms with Crippen LogP contribution in [0.2, 0.25) is 5.02 Å². The highest BCUT2D eigenvalue weighted by Gasteiger charge is 2.15. The van der Waals surface area contributed by atoms with Gasteiger partial charge in [0, 0.05) is 17.0 Å². The van der Waals surface area contributed by atoms with Crippen molar-refractivity contribution in [3.8, 4) is 16.8 Å². The molecule has 0 unspecified atom stereocenters. The number of aryl methyl sites for hydroxylation is 1. The summed E-state index contributed by atoms with van der Waals surface area (Å²) in [5.74, 6) is -1.10. The number of nitrogens with zero attached hydrogens (tertiary/aromatic N) is 4. The molecule has 0 amide bonds. The van der Waals surface area contributed by atoms with Gasteiger partial charge in [0.1, 0.15) is 5.82 Å². The minimum absolute atomic E-state index is 0.00871. The van der Waals surface area contributed by atoms with Gasteiger partial charge in [-0.15, -0.1) is 5.10 Å². The highest BCUT2D eigenvalue weighted by molar-refractivity contribution is 6.30. The van der Waals surface area contributed by atoms with Gasteiger partial charge < -0.3 is 5.11 Å². The fraction of sp³-hybridized carbons (Fsp3) is 0.125. The Hall–Kier alpha value is -2.80. The Bertz CT molecular complexity index is 926. The number of aromatic nitrogens is 4. The number of rotatable bonds is 4. The number of halogens is 2. The quantitative estimate of drug-likeness (QED) is 0.783. The van der Waals surface area contributed by atoms with Crippen molar-refractivity contribution in [2.24, 2.45) is 0 Å². The number of carboxylic acids is 1. The topological polar surface area (TPSA) is 80.9 Å². The van der Waals surface area contributed by atoms with Gasteiger partial charge in [-0.05, 0) is 52.4 Å². The molecule has 0 saturated carbocycles. The zero-order valence-electron chi connectivity index (χ0n) is 12.6. The van der Waals surface area contributed by atoms with Crippen LogP contribution in [0.3, 0.4) is 0 Å². The van der Waals surface area contributed by atoms with E-state index in [2.05, 4.69) is 15.5 Å². The lowest BCUT2D eigenvalue weighted by molar-refractivity contribution is 0.0697. The van der Waals surface area contributed by atoms with Crippen LogP contribution in [0, 0.1) is 5.82 Å². The predicted molar refractivity (Wildman–Crippen MR) is 85.9 cm³/mol. The van der Waals surface area contributed by atoms with Crippen molar-refractivity contribution in [2.45, 2.75) is 13.3 Å². The lowest BCUT2D eigenvalue weighted by Crippen LogP contribution is -2.05. The van der Waals surface area contributed by atoms with Crippen molar-refractivity contribution in [2.75, 3.05) is 0 Å². The van der Waals surface area contributed by atoms with Crippen molar-refractivity contribution in [1.82, 2.24) is 20.2 Å². The molecule has 1 heterocycles. The first-order valence-electron chi connectivity index (χ1n) is 7.11. The summed E-state index contributed by atoms with van der Waals surface area (Å²) in [4.78, 5) is 11.4. The largest absolute Gasteiger partial charge is 0.478 e. The average molecular weight is 347 g/mol. The number of hydrogen-bond acceptors (Lipinski definition) is 4. The van der Waals surface area contributed by atoms with Crippen molar-refractivity contribution in [1.29, 1.82) is 0 Å². The van der Waals surface area contributed by atoms with E-state index in [1.54, 1.807) is 12.1 Å². The third kappa shape index (κ3) is 2.98. The molecule has 0 aliphatic rings. The molecule has 1 aromatic heterocycles. The Labute approximate surface area is 141 Å². The predicted octanol–water partition coefficient (Wildman–Crippen LogP) is 3.38. The van der Waals surface area contributed by atoms with E-state index in [-0.39, 0.29) is 16.1 Å². The van der Waals surface area contributed by atoms with E-state index in [9.17, 15) is 14.3 Å². The summed E-state index contributed by atoms with van der Waals surface area (Å²) in [6.45, 7) is 1.88. The highest BCUT2D eigenvalue weighted by atomic mass is 35.5. The summed E-state index contributed by atoms with van der Waals surface area (Å²) in [5, 5.41) is 21.0. The third-order valence-corrected chi connectivity index (χ3v) is 3.74. The summed E-state index contributed by atoms with van der Waals surface area (Å²) in [6.07, 6.45) is 0.564. The first-order valence-corrected chi connectivity index (χ1v) is 7.49. The molecule has 0 fully saturated rings. The smallest absolute Gasteiger partial charge is 0.335 e. The van der Waals surface area contributed by atoms with Gasteiger partial charge in [0.15, 0.2) is 5.82 Å². The lowest BCUT2D eigenvalue weighted by atomic mass is 10.0. The van der Waals surface area contributed by atoms with Gasteiger partial charge in [-0.2, -0.15) is 4.68 Å². The maximum Gasteiger partial charge on any atom is 0.335 e. The SMILES string of the molecule is CCc1nnnn1-c1cc(C(=O)O)cc(-c2ccc(Cl)cc2F)c1. The molecule has 3 rings (SSSR count). The number of aromatic carboxylic acids is 1. The van der Waals surface area contributed by atoms with Gasteiger partial charge in [0.25, 0.3) is 0 Å². The Morgan fingerprint density at radius 2 is 2.08 bits per heavy atom. The van der Waals surface area contributed by atoms with Crippen molar-refractivity contribution >= 4 is 17.6 Å². The molecule has 0 atom stereocenters. The average Bonchev–Trinajstić information content (AvgIpc) is 3.03. The van der Waals surface area contributed by atoms with Gasteiger partial charge in [-0.25, -0.2) is 9.18 Å². The minimum atomic E-state index is -1.13. The Morgan fingerprint density at radius 1 is 1.29 bits per heavy atom. The Morgan fingerprint density at radius 3 is 2.75 bits per heavy atom. The summed E-state index contributed by atoms with van der Waals surface area (Å²) < 4.78 is 15.6. The Kier molecular flexibility index (Phi) is 4.26. The molecule has 6 nitrogen and oxygen atoms in total. The summed E-state index contributed by atoms with van der Waals surface area (Å²) >= 11 is 5.77. The maximum absolute atomic E-state index is 14.2. The summed E-state index contributed by atoms with van der Waals surface area (Å²) in [7, 11) is 0. The number of benzene rings is 2. The molecule has 1 N–H and O–H groups in total. The van der Waals surface area contributed by atoms with Crippen LogP contribution in [-0.4, -0.2) is 31.3 Å². The van der Waals surface area contributed by atoms with Crippen LogP contribution in [-0.2, 0) is 6.42 Å². The van der Waals surface area contributed by atoms with E-state index in [1.165, 1.54) is 28.9 Å². The molecular formula is C16H12ClFN4O2. The van der Waals surface area contributed by atoms with Gasteiger partial charge in [-0.1, -0.05) is 18.5 Å². The van der Waals surface area contributed by atoms with Gasteiger partial charge in [0.05, 0.1) is 11.3 Å². The normalized spacial score (nSPS) is 10.8. The number of hydrogen-bond donors (Lipinski definition) is 1. The van der Waals surface area contributed by atoms with E-state index in [1.807, 2.05) is 6.92 Å². The number of carboxylic acid groups (broad SMARTS) is 1. The maximum atomic E-state index is 14.2. The van der Waals surface area contributed by atoms with E-state index < -0.39 is 11.8 Å². The molecule has 0 radical (unpaired) electrons. The van der Waals surface area contributed by atoms with Crippen molar-refractivity contribution in [3.05, 3.63) is 58.6 Å². The van der Waals surface area contributed by atoms with Crippen LogP contribution in [0.4, 0.5) is 4.39 Å². The molecule has 0 bridgehead atoms. The van der Waals surface area contributed by atoms with Crippen LogP contribution >= 0.6 is 11.6 Å². The zero-order chi connectivity index (χ0) is 17.3. The monoisotopic (exact) mass is 346 g/mol. The molecule has 122 valence electrons. The lowest BCUT2D eigenvalue weighted by Gasteiger charge is -2.10. The molecule has 0 aliphatic heterocycles. The molecule has 0 spiro atoms. The summed E-state index contributed by atoms with van der Waals surface area (Å²) in [6, 6.07) is 8.69. The number of tetrazole rings is 1. The fourth-order valence-electron chi connectivity index (χ4n) is 2.36. The molecule has 24 heavy (non-hydrogen) atoms. The standard InChI is InChI=1S/C16H12ClFN4O2/c1-2-15-19-20-21-22(15)12-6-9(5-10(7-12)16(23)24)13-4-3-11(17)8-14(13)18/h3-8H,2H2,1H3,(H,23,24). The van der Waals surface area contributed by atoms with Gasteiger partial charge in [0.2, 0.25) is 0 Å². The zero-order valence-corrected chi connectivity index (χ0v) is 13.3. The fourth-order valence-corrected chi connectivity index (χ4v) is 2.52. The molecule has 2 aromatic carbocycles. The van der Waals surface area contributed by atoms with Crippen LogP contribution in [0.25, 0.3) is 16.8 Å². The second-order valence-electron chi connectivity index (χ2n) is 5.06. The second kappa shape index (κ2) is 6.37. The third-order valence-electron chi connectivity index (χ3n) is 3.50. The van der Waals surface area contributed by atoms with Crippen LogP contribution in [0.5, 0.6) is 0 Å². The van der Waals surface area contributed by atoms with Gasteiger partial charge in [-0.3, -0.25) is 0 Å². The first kappa shape index (κ1) is 16.1. The van der Waals surface area contributed by atoms with Crippen LogP contribution in [0.15, 0.2) is 36.4 Å². The van der Waals surface area contributed by atoms with Gasteiger partial charge >= 0.3 is 5.97 Å². The molecule has 8 heteroatoms. The molecule has 3 aromatic rings. The highest BCUT2D eigenvalue weighted by Crippen LogP contribution is 2.28. The first-order chi connectivity index (χ1) is 11.5. The molecule has 0 saturated heterocycles. The second-order valence-corrected chi connectivity index (χ2v) is 5.49. The molecular weight excluding hydrogens is 335 g/mol. The van der Waals surface area contributed by atoms with Crippen LogP contribution < -0.4 is 0 Å². The van der Waals surface area contributed by atoms with E-state index >= 15 is 0 Å². The van der Waals surface area contributed by atoms with E-state index in [0.29, 0.717) is 23.5 Å².